The van der Waals surface area contributed by atoms with Crippen molar-refractivity contribution in [3.63, 3.8) is 0 Å². The number of hydrogen-bond donors (Lipinski definition) is 1. The van der Waals surface area contributed by atoms with Crippen molar-refractivity contribution in [2.75, 3.05) is 18.5 Å². The monoisotopic (exact) mass is 361 g/mol. The van der Waals surface area contributed by atoms with Crippen LogP contribution in [-0.2, 0) is 6.54 Å². The van der Waals surface area contributed by atoms with Gasteiger partial charge in [0.05, 0.1) is 12.8 Å². The summed E-state index contributed by atoms with van der Waals surface area (Å²) in [6.07, 6.45) is 4.07. The van der Waals surface area contributed by atoms with Crippen molar-refractivity contribution in [3.8, 4) is 17.1 Å². The fourth-order valence-corrected chi connectivity index (χ4v) is 2.73. The maximum atomic E-state index is 12.8. The molecular formula is C22H23N3O2. The van der Waals surface area contributed by atoms with Crippen LogP contribution < -0.4 is 15.6 Å². The average molecular weight is 361 g/mol. The van der Waals surface area contributed by atoms with Gasteiger partial charge in [0, 0.05) is 18.7 Å². The molecule has 0 bridgehead atoms. The maximum Gasteiger partial charge on any atom is 0.277 e. The van der Waals surface area contributed by atoms with E-state index in [0.29, 0.717) is 31.2 Å². The lowest BCUT2D eigenvalue weighted by Crippen LogP contribution is -2.26. The van der Waals surface area contributed by atoms with Crippen molar-refractivity contribution >= 4 is 5.69 Å². The Morgan fingerprint density at radius 1 is 1.07 bits per heavy atom. The van der Waals surface area contributed by atoms with Crippen molar-refractivity contribution in [2.24, 2.45) is 0 Å². The van der Waals surface area contributed by atoms with Gasteiger partial charge in [0.2, 0.25) is 0 Å². The van der Waals surface area contributed by atoms with Gasteiger partial charge < -0.3 is 10.1 Å². The van der Waals surface area contributed by atoms with Crippen LogP contribution >= 0.6 is 0 Å². The van der Waals surface area contributed by atoms with Crippen molar-refractivity contribution in [1.29, 1.82) is 0 Å². The molecule has 0 saturated heterocycles. The van der Waals surface area contributed by atoms with E-state index in [-0.39, 0.29) is 5.56 Å². The molecule has 0 amide bonds. The minimum absolute atomic E-state index is 0.104. The van der Waals surface area contributed by atoms with E-state index < -0.39 is 0 Å². The zero-order chi connectivity index (χ0) is 18.9. The molecule has 0 unspecified atom stereocenters. The third-order valence-electron chi connectivity index (χ3n) is 4.04. The lowest BCUT2D eigenvalue weighted by molar-refractivity contribution is 0.315. The minimum atomic E-state index is -0.104. The van der Waals surface area contributed by atoms with Gasteiger partial charge in [0.15, 0.2) is 0 Å². The Morgan fingerprint density at radius 3 is 2.48 bits per heavy atom. The third kappa shape index (κ3) is 4.85. The lowest BCUT2D eigenvalue weighted by Gasteiger charge is -2.13. The van der Waals surface area contributed by atoms with Gasteiger partial charge in [0.1, 0.15) is 17.3 Å². The predicted molar refractivity (Wildman–Crippen MR) is 109 cm³/mol. The molecule has 0 saturated carbocycles. The van der Waals surface area contributed by atoms with E-state index in [1.54, 1.807) is 16.8 Å². The van der Waals surface area contributed by atoms with E-state index in [0.717, 1.165) is 17.7 Å². The highest BCUT2D eigenvalue weighted by atomic mass is 16.5. The van der Waals surface area contributed by atoms with Crippen LogP contribution in [0.15, 0.2) is 84.3 Å². The van der Waals surface area contributed by atoms with Crippen LogP contribution in [0, 0.1) is 0 Å². The summed E-state index contributed by atoms with van der Waals surface area (Å²) in [5, 5.41) is 3.17. The molecule has 0 radical (unpaired) electrons. The van der Waals surface area contributed by atoms with Crippen LogP contribution in [0.2, 0.25) is 0 Å². The Morgan fingerprint density at radius 2 is 1.78 bits per heavy atom. The summed E-state index contributed by atoms with van der Waals surface area (Å²) in [4.78, 5) is 17.3. The summed E-state index contributed by atoms with van der Waals surface area (Å²) in [6, 6.07) is 19.4. The number of aromatic nitrogens is 2. The highest BCUT2D eigenvalue weighted by Gasteiger charge is 2.10. The van der Waals surface area contributed by atoms with E-state index in [1.165, 1.54) is 0 Å². The van der Waals surface area contributed by atoms with Crippen LogP contribution in [-0.4, -0.2) is 22.7 Å². The van der Waals surface area contributed by atoms with Gasteiger partial charge >= 0.3 is 0 Å². The van der Waals surface area contributed by atoms with E-state index >= 15 is 0 Å². The number of hydrogen-bond acceptors (Lipinski definition) is 4. The number of allylic oxidation sites excluding steroid dienone is 1. The van der Waals surface area contributed by atoms with Crippen molar-refractivity contribution < 1.29 is 4.74 Å². The topological polar surface area (TPSA) is 56.1 Å². The van der Waals surface area contributed by atoms with E-state index in [4.69, 9.17) is 4.74 Å². The Kier molecular flexibility index (Phi) is 6.41. The van der Waals surface area contributed by atoms with Crippen molar-refractivity contribution in [1.82, 2.24) is 9.55 Å². The smallest absolute Gasteiger partial charge is 0.277 e. The molecule has 3 aromatic rings. The van der Waals surface area contributed by atoms with Crippen LogP contribution in [0.25, 0.3) is 11.4 Å². The molecule has 3 rings (SSSR count). The zero-order valence-electron chi connectivity index (χ0n) is 15.2. The number of rotatable bonds is 9. The molecule has 1 N–H and O–H groups in total. The SMILES string of the molecule is C=CCn1c(-c2ccccc2)ncc(NCCCOc2ccccc2)c1=O. The highest BCUT2D eigenvalue weighted by Crippen LogP contribution is 2.16. The van der Waals surface area contributed by atoms with Crippen molar-refractivity contribution in [3.05, 3.63) is 89.9 Å². The van der Waals surface area contributed by atoms with Crippen LogP contribution in [0.5, 0.6) is 5.75 Å². The summed E-state index contributed by atoms with van der Waals surface area (Å²) < 4.78 is 7.29. The summed E-state index contributed by atoms with van der Waals surface area (Å²) in [7, 11) is 0. The Hall–Kier alpha value is -3.34. The standard InChI is InChI=1S/C22H23N3O2/c1-2-15-25-21(18-10-5-3-6-11-18)24-17-20(22(25)26)23-14-9-16-27-19-12-7-4-8-13-19/h2-8,10-13,17,23H,1,9,14-16H2. The fourth-order valence-electron chi connectivity index (χ4n) is 2.73. The Bertz CT molecular complexity index is 921. The summed E-state index contributed by atoms with van der Waals surface area (Å²) in [6.45, 7) is 5.36. The third-order valence-corrected chi connectivity index (χ3v) is 4.04. The molecule has 0 spiro atoms. The van der Waals surface area contributed by atoms with Gasteiger partial charge in [0.25, 0.3) is 5.56 Å². The van der Waals surface area contributed by atoms with Crippen LogP contribution in [0.1, 0.15) is 6.42 Å². The molecule has 0 atom stereocenters. The summed E-state index contributed by atoms with van der Waals surface area (Å²) in [5.74, 6) is 1.48. The zero-order valence-corrected chi connectivity index (χ0v) is 15.2. The van der Waals surface area contributed by atoms with E-state index in [9.17, 15) is 4.79 Å². The Balaban J connectivity index is 1.65. The van der Waals surface area contributed by atoms with Crippen molar-refractivity contribution in [2.45, 2.75) is 13.0 Å². The van der Waals surface area contributed by atoms with Crippen LogP contribution in [0.3, 0.4) is 0 Å². The molecule has 1 aromatic heterocycles. The Labute approximate surface area is 159 Å². The van der Waals surface area contributed by atoms with Gasteiger partial charge in [-0.15, -0.1) is 6.58 Å². The largest absolute Gasteiger partial charge is 0.494 e. The summed E-state index contributed by atoms with van der Waals surface area (Å²) >= 11 is 0. The number of ether oxygens (including phenoxy) is 1. The van der Waals surface area contributed by atoms with E-state index in [2.05, 4.69) is 16.9 Å². The molecule has 138 valence electrons. The molecule has 0 aliphatic rings. The first-order valence-corrected chi connectivity index (χ1v) is 8.97. The first-order valence-electron chi connectivity index (χ1n) is 8.97. The second-order valence-electron chi connectivity index (χ2n) is 6.01. The number of nitrogens with zero attached hydrogens (tertiary/aromatic N) is 2. The molecule has 0 aliphatic carbocycles. The second kappa shape index (κ2) is 9.38. The number of anilines is 1. The van der Waals surface area contributed by atoms with E-state index in [1.807, 2.05) is 60.7 Å². The lowest BCUT2D eigenvalue weighted by atomic mass is 10.2. The van der Waals surface area contributed by atoms with Gasteiger partial charge in [-0.1, -0.05) is 54.6 Å². The molecule has 1 heterocycles. The number of nitrogens with one attached hydrogen (secondary N) is 1. The molecule has 2 aromatic carbocycles. The fraction of sp³-hybridized carbons (Fsp3) is 0.182. The van der Waals surface area contributed by atoms with Crippen LogP contribution in [0.4, 0.5) is 5.69 Å². The minimum Gasteiger partial charge on any atom is -0.494 e. The molecule has 5 nitrogen and oxygen atoms in total. The molecular weight excluding hydrogens is 338 g/mol. The molecule has 27 heavy (non-hydrogen) atoms. The second-order valence-corrected chi connectivity index (χ2v) is 6.01. The number of para-hydroxylation sites is 1. The molecule has 0 fully saturated rings. The first-order chi connectivity index (χ1) is 13.3. The number of benzene rings is 2. The molecule has 5 heteroatoms. The van der Waals surface area contributed by atoms with Gasteiger partial charge in [-0.05, 0) is 18.6 Å². The summed E-state index contributed by atoms with van der Waals surface area (Å²) in [5.41, 5.74) is 1.28. The van der Waals surface area contributed by atoms with Gasteiger partial charge in [-0.3, -0.25) is 9.36 Å². The van der Waals surface area contributed by atoms with Gasteiger partial charge in [-0.25, -0.2) is 4.98 Å². The predicted octanol–water partition coefficient (Wildman–Crippen LogP) is 3.98. The quantitative estimate of drug-likeness (QED) is 0.463. The normalized spacial score (nSPS) is 10.4. The highest BCUT2D eigenvalue weighted by molar-refractivity contribution is 5.57. The molecule has 0 aliphatic heterocycles. The average Bonchev–Trinajstić information content (AvgIpc) is 2.72. The van der Waals surface area contributed by atoms with Gasteiger partial charge in [-0.2, -0.15) is 0 Å². The first kappa shape index (κ1) is 18.5. The maximum absolute atomic E-state index is 12.8.